The molecule has 0 spiro atoms. The van der Waals surface area contributed by atoms with E-state index in [2.05, 4.69) is 84.7 Å². The Bertz CT molecular complexity index is 2230. The normalized spacial score (nSPS) is 11.7. The van der Waals surface area contributed by atoms with Crippen LogP contribution in [-0.2, 0) is 20.1 Å². The molecule has 0 fully saturated rings. The van der Waals surface area contributed by atoms with Crippen molar-refractivity contribution in [3.8, 4) is 56.6 Å². The van der Waals surface area contributed by atoms with Gasteiger partial charge in [0.25, 0.3) is 0 Å². The van der Waals surface area contributed by atoms with Crippen LogP contribution < -0.4 is 25.9 Å². The molecule has 0 unspecified atom stereocenters. The van der Waals surface area contributed by atoms with E-state index in [9.17, 15) is 0 Å². The number of para-hydroxylation sites is 2. The number of aryl methyl sites for hydroxylation is 2. The van der Waals surface area contributed by atoms with Gasteiger partial charge in [0.2, 0.25) is 6.71 Å². The zero-order valence-electron chi connectivity index (χ0n) is 26.4. The molecule has 9 rings (SSSR count). The smallest absolute Gasteiger partial charge is 0.239 e. The first-order valence-electron chi connectivity index (χ1n) is 15.7. The Morgan fingerprint density at radius 2 is 1.38 bits per heavy atom. The van der Waals surface area contributed by atoms with Gasteiger partial charge in [-0.15, -0.1) is 48.0 Å². The van der Waals surface area contributed by atoms with Crippen molar-refractivity contribution in [2.24, 2.45) is 0 Å². The summed E-state index contributed by atoms with van der Waals surface area (Å²) in [7, 11) is 0. The van der Waals surface area contributed by atoms with Crippen LogP contribution in [0.1, 0.15) is 11.1 Å². The zero-order valence-corrected chi connectivity index (χ0v) is 28.8. The van der Waals surface area contributed by atoms with E-state index in [-0.39, 0.29) is 26.8 Å². The van der Waals surface area contributed by atoms with E-state index in [1.165, 1.54) is 16.7 Å². The SMILES string of the molecule is Cc1ccc(-c2[c-]cccc2)nc1.Cc1ccccc1-c1ccnc(-c2[c-]cc3c4c2Oc2ccccc2B4c2ccccc2O3)c1.[Ir]. The first-order valence-corrected chi connectivity index (χ1v) is 15.7. The molecule has 0 atom stereocenters. The first-order chi connectivity index (χ1) is 23.1. The Balaban J connectivity index is 0.000000220. The number of hydrogen-bond donors (Lipinski definition) is 0. The van der Waals surface area contributed by atoms with Gasteiger partial charge in [0.15, 0.2) is 0 Å². The number of pyridine rings is 2. The van der Waals surface area contributed by atoms with Crippen LogP contribution in [0.4, 0.5) is 0 Å². The van der Waals surface area contributed by atoms with Crippen molar-refractivity contribution in [3.05, 3.63) is 163 Å². The molecule has 7 aromatic rings. The van der Waals surface area contributed by atoms with Crippen LogP contribution in [0, 0.1) is 26.0 Å². The number of fused-ring (bicyclic) bond motifs is 4. The van der Waals surface area contributed by atoms with Crippen LogP contribution in [0.2, 0.25) is 0 Å². The average molecular weight is 797 g/mol. The molecule has 48 heavy (non-hydrogen) atoms. The van der Waals surface area contributed by atoms with Crippen molar-refractivity contribution in [1.29, 1.82) is 0 Å². The topological polar surface area (TPSA) is 44.2 Å². The van der Waals surface area contributed by atoms with Gasteiger partial charge in [-0.3, -0.25) is 0 Å². The largest absolute Gasteiger partial charge is 0.503 e. The third kappa shape index (κ3) is 5.86. The summed E-state index contributed by atoms with van der Waals surface area (Å²) in [5, 5.41) is 0. The predicted octanol–water partition coefficient (Wildman–Crippen LogP) is 8.11. The number of ether oxygens (including phenoxy) is 2. The Hall–Kier alpha value is -5.29. The van der Waals surface area contributed by atoms with E-state index in [4.69, 9.17) is 14.5 Å². The summed E-state index contributed by atoms with van der Waals surface area (Å²) in [5.41, 5.74) is 11.7. The van der Waals surface area contributed by atoms with Crippen LogP contribution in [0.15, 0.2) is 140 Å². The summed E-state index contributed by atoms with van der Waals surface area (Å²) in [4.78, 5) is 9.04. The summed E-state index contributed by atoms with van der Waals surface area (Å²) in [5.74, 6) is 3.29. The second-order valence-electron chi connectivity index (χ2n) is 11.7. The minimum Gasteiger partial charge on any atom is -0.503 e. The molecular formula is C42H29BIrN2O2-2. The molecule has 1 radical (unpaired) electrons. The standard InChI is InChI=1S/C30H19BNO2.C12H10N.Ir/c1-19-8-2-3-9-21(19)20-16-17-32-25(18-20)22-14-15-28-29-30(22)34-27-13-7-5-11-24(27)31(29)23-10-4-6-12-26(23)33-28;1-10-7-8-12(13-9-10)11-5-3-2-4-6-11;/h2-13,15-18H,1H3;2-5,7-9H,1H3;/q2*-1;. The molecule has 0 bridgehead atoms. The van der Waals surface area contributed by atoms with E-state index in [1.807, 2.05) is 86.0 Å². The van der Waals surface area contributed by atoms with Crippen LogP contribution in [0.5, 0.6) is 23.0 Å². The van der Waals surface area contributed by atoms with Crippen LogP contribution in [0.3, 0.4) is 0 Å². The molecule has 5 aromatic carbocycles. The fourth-order valence-electron chi connectivity index (χ4n) is 6.32. The molecule has 4 nitrogen and oxygen atoms in total. The molecule has 0 aliphatic carbocycles. The fraction of sp³-hybridized carbons (Fsp3) is 0.0476. The van der Waals surface area contributed by atoms with E-state index in [0.29, 0.717) is 0 Å². The molecule has 2 aliphatic heterocycles. The number of nitrogens with zero attached hydrogens (tertiary/aromatic N) is 2. The number of benzene rings is 5. The van der Waals surface area contributed by atoms with E-state index < -0.39 is 0 Å². The van der Waals surface area contributed by atoms with Crippen molar-refractivity contribution in [1.82, 2.24) is 9.97 Å². The van der Waals surface area contributed by atoms with Gasteiger partial charge in [-0.25, -0.2) is 0 Å². The molecule has 0 saturated carbocycles. The first kappa shape index (κ1) is 31.3. The summed E-state index contributed by atoms with van der Waals surface area (Å²) < 4.78 is 12.9. The molecular weight excluding hydrogens is 768 g/mol. The summed E-state index contributed by atoms with van der Waals surface area (Å²) in [6, 6.07) is 49.5. The van der Waals surface area contributed by atoms with Gasteiger partial charge >= 0.3 is 0 Å². The molecule has 0 saturated heterocycles. The zero-order chi connectivity index (χ0) is 31.7. The van der Waals surface area contributed by atoms with Gasteiger partial charge < -0.3 is 19.4 Å². The number of aromatic nitrogens is 2. The maximum atomic E-state index is 6.54. The maximum Gasteiger partial charge on any atom is 0.239 e. The van der Waals surface area contributed by atoms with Crippen molar-refractivity contribution >= 4 is 23.1 Å². The van der Waals surface area contributed by atoms with E-state index in [1.54, 1.807) is 0 Å². The fourth-order valence-corrected chi connectivity index (χ4v) is 6.32. The van der Waals surface area contributed by atoms with Crippen LogP contribution in [-0.4, -0.2) is 16.7 Å². The second kappa shape index (κ2) is 13.4. The quantitative estimate of drug-likeness (QED) is 0.134. The molecule has 6 heteroatoms. The van der Waals surface area contributed by atoms with Crippen LogP contribution in [0.25, 0.3) is 33.6 Å². The van der Waals surface area contributed by atoms with Crippen molar-refractivity contribution < 1.29 is 29.6 Å². The van der Waals surface area contributed by atoms with Gasteiger partial charge in [-0.1, -0.05) is 89.9 Å². The second-order valence-corrected chi connectivity index (χ2v) is 11.7. The van der Waals surface area contributed by atoms with Gasteiger partial charge in [0, 0.05) is 44.0 Å². The molecule has 0 N–H and O–H groups in total. The van der Waals surface area contributed by atoms with Crippen LogP contribution >= 0.6 is 0 Å². The van der Waals surface area contributed by atoms with Gasteiger partial charge in [0.1, 0.15) is 11.5 Å². The number of rotatable bonds is 3. The Morgan fingerprint density at radius 1 is 0.646 bits per heavy atom. The maximum absolute atomic E-state index is 6.54. The summed E-state index contributed by atoms with van der Waals surface area (Å²) >= 11 is 0. The Kier molecular flexibility index (Phi) is 8.77. The van der Waals surface area contributed by atoms with E-state index in [0.717, 1.165) is 67.5 Å². The van der Waals surface area contributed by atoms with E-state index >= 15 is 0 Å². The molecule has 4 heterocycles. The van der Waals surface area contributed by atoms with Gasteiger partial charge in [-0.05, 0) is 76.6 Å². The van der Waals surface area contributed by atoms with Crippen molar-refractivity contribution in [2.45, 2.75) is 13.8 Å². The van der Waals surface area contributed by atoms with Crippen molar-refractivity contribution in [3.63, 3.8) is 0 Å². The minimum absolute atomic E-state index is 0. The molecule has 2 aromatic heterocycles. The van der Waals surface area contributed by atoms with Gasteiger partial charge in [0.05, 0.1) is 0 Å². The minimum atomic E-state index is 0. The molecule has 0 amide bonds. The third-order valence-corrected chi connectivity index (χ3v) is 8.63. The monoisotopic (exact) mass is 797 g/mol. The third-order valence-electron chi connectivity index (χ3n) is 8.63. The van der Waals surface area contributed by atoms with Crippen molar-refractivity contribution in [2.75, 3.05) is 0 Å². The predicted molar refractivity (Wildman–Crippen MR) is 190 cm³/mol. The Labute approximate surface area is 294 Å². The molecule has 233 valence electrons. The molecule has 2 aliphatic rings. The summed E-state index contributed by atoms with van der Waals surface area (Å²) in [6.45, 7) is 4.20. The number of hydrogen-bond acceptors (Lipinski definition) is 4. The average Bonchev–Trinajstić information content (AvgIpc) is 3.13. The van der Waals surface area contributed by atoms with Gasteiger partial charge in [-0.2, -0.15) is 0 Å². The summed E-state index contributed by atoms with van der Waals surface area (Å²) in [6.07, 6.45) is 3.73. The Morgan fingerprint density at radius 3 is 2.10 bits per heavy atom.